The third-order valence-electron chi connectivity index (χ3n) is 1.98. The number of aromatic nitrogens is 1. The van der Waals surface area contributed by atoms with Crippen LogP contribution in [0.1, 0.15) is 15.3 Å². The van der Waals surface area contributed by atoms with Gasteiger partial charge in [-0.25, -0.2) is 4.98 Å². The van der Waals surface area contributed by atoms with Gasteiger partial charge in [0.15, 0.2) is 0 Å². The second-order valence-corrected chi connectivity index (χ2v) is 5.46. The Morgan fingerprint density at radius 2 is 2.57 bits per heavy atom. The van der Waals surface area contributed by atoms with E-state index in [0.717, 1.165) is 9.88 Å². The van der Waals surface area contributed by atoms with E-state index < -0.39 is 12.0 Å². The van der Waals surface area contributed by atoms with Crippen LogP contribution in [0.5, 0.6) is 0 Å². The molecule has 2 atom stereocenters. The highest BCUT2D eigenvalue weighted by Crippen LogP contribution is 2.35. The molecule has 0 saturated carbocycles. The lowest BCUT2D eigenvalue weighted by atomic mass is 10.3. The van der Waals surface area contributed by atoms with Gasteiger partial charge in [0, 0.05) is 11.9 Å². The second kappa shape index (κ2) is 3.88. The molecule has 1 aromatic rings. The summed E-state index contributed by atoms with van der Waals surface area (Å²) in [4.78, 5) is 16.0. The summed E-state index contributed by atoms with van der Waals surface area (Å²) < 4.78 is 0. The minimum atomic E-state index is -0.777. The smallest absolute Gasteiger partial charge is 0.321 e. The lowest BCUT2D eigenvalue weighted by Crippen LogP contribution is -2.33. The van der Waals surface area contributed by atoms with E-state index in [4.69, 9.17) is 5.11 Å². The summed E-state index contributed by atoms with van der Waals surface area (Å²) in [6.07, 6.45) is 1.81. The zero-order valence-corrected chi connectivity index (χ0v) is 9.19. The molecule has 0 aromatic carbocycles. The van der Waals surface area contributed by atoms with Crippen LogP contribution >= 0.6 is 23.1 Å². The van der Waals surface area contributed by atoms with Gasteiger partial charge in [0.1, 0.15) is 6.04 Å². The predicted octanol–water partition coefficient (Wildman–Crippen LogP) is 1.24. The van der Waals surface area contributed by atoms with E-state index in [2.05, 4.69) is 10.3 Å². The third-order valence-corrected chi connectivity index (χ3v) is 4.35. The van der Waals surface area contributed by atoms with E-state index in [9.17, 15) is 4.79 Å². The van der Waals surface area contributed by atoms with Crippen molar-refractivity contribution in [1.29, 1.82) is 0 Å². The number of nitrogens with one attached hydrogen (secondary N) is 1. The van der Waals surface area contributed by atoms with Crippen LogP contribution in [0.15, 0.2) is 6.20 Å². The molecule has 0 amide bonds. The Hall–Kier alpha value is -0.590. The topological polar surface area (TPSA) is 62.2 Å². The normalized spacial score (nSPS) is 26.6. The maximum atomic E-state index is 10.7. The summed E-state index contributed by atoms with van der Waals surface area (Å²) in [5.41, 5.74) is 0. The quantitative estimate of drug-likeness (QED) is 0.800. The largest absolute Gasteiger partial charge is 0.480 e. The second-order valence-electron chi connectivity index (χ2n) is 3.05. The molecule has 0 bridgehead atoms. The van der Waals surface area contributed by atoms with Crippen molar-refractivity contribution in [3.05, 3.63) is 16.1 Å². The highest BCUT2D eigenvalue weighted by Gasteiger charge is 2.31. The fourth-order valence-corrected chi connectivity index (χ4v) is 3.46. The molecule has 0 radical (unpaired) electrons. The van der Waals surface area contributed by atoms with E-state index in [-0.39, 0.29) is 5.37 Å². The number of thioether (sulfide) groups is 1. The van der Waals surface area contributed by atoms with Crippen molar-refractivity contribution in [2.45, 2.75) is 18.3 Å². The first kappa shape index (κ1) is 9.95. The molecule has 2 unspecified atom stereocenters. The molecule has 2 N–H and O–H groups in total. The van der Waals surface area contributed by atoms with Gasteiger partial charge in [0.05, 0.1) is 15.3 Å². The van der Waals surface area contributed by atoms with Gasteiger partial charge in [-0.05, 0) is 6.92 Å². The first-order valence-corrected chi connectivity index (χ1v) is 6.06. The number of hydrogen-bond acceptors (Lipinski definition) is 5. The Balaban J connectivity index is 2.05. The molecule has 4 nitrogen and oxygen atoms in total. The number of nitrogens with zero attached hydrogens (tertiary/aromatic N) is 1. The van der Waals surface area contributed by atoms with Crippen LogP contribution in [0.4, 0.5) is 0 Å². The zero-order chi connectivity index (χ0) is 10.1. The Morgan fingerprint density at radius 1 is 1.79 bits per heavy atom. The third kappa shape index (κ3) is 1.92. The number of rotatable bonds is 2. The molecule has 76 valence electrons. The number of carboxylic acid groups (broad SMARTS) is 1. The molecule has 1 aliphatic rings. The zero-order valence-electron chi connectivity index (χ0n) is 7.56. The molecule has 1 fully saturated rings. The van der Waals surface area contributed by atoms with Gasteiger partial charge in [0.2, 0.25) is 0 Å². The van der Waals surface area contributed by atoms with Crippen molar-refractivity contribution >= 4 is 29.1 Å². The Bertz CT molecular complexity index is 353. The number of aryl methyl sites for hydroxylation is 1. The molecule has 1 saturated heterocycles. The Labute approximate surface area is 89.7 Å². The molecular weight excluding hydrogens is 220 g/mol. The number of carboxylic acids is 1. The fourth-order valence-electron chi connectivity index (χ4n) is 1.28. The molecule has 6 heteroatoms. The summed E-state index contributed by atoms with van der Waals surface area (Å²) in [5.74, 6) is -0.155. The van der Waals surface area contributed by atoms with E-state index in [1.165, 1.54) is 0 Å². The average molecular weight is 230 g/mol. The first-order chi connectivity index (χ1) is 6.66. The van der Waals surface area contributed by atoms with Crippen molar-refractivity contribution in [1.82, 2.24) is 10.3 Å². The molecule has 2 rings (SSSR count). The maximum Gasteiger partial charge on any atom is 0.321 e. The first-order valence-electron chi connectivity index (χ1n) is 4.19. The van der Waals surface area contributed by atoms with Crippen molar-refractivity contribution in [3.8, 4) is 0 Å². The van der Waals surface area contributed by atoms with Gasteiger partial charge < -0.3 is 5.11 Å². The summed E-state index contributed by atoms with van der Waals surface area (Å²) in [6.45, 7) is 1.95. The summed E-state index contributed by atoms with van der Waals surface area (Å²) in [5, 5.41) is 13.0. The van der Waals surface area contributed by atoms with Crippen LogP contribution in [0, 0.1) is 6.92 Å². The van der Waals surface area contributed by atoms with Crippen molar-refractivity contribution in [2.75, 3.05) is 5.75 Å². The predicted molar refractivity (Wildman–Crippen MR) is 56.6 cm³/mol. The molecule has 1 aromatic heterocycles. The van der Waals surface area contributed by atoms with Crippen LogP contribution in [0.3, 0.4) is 0 Å². The van der Waals surface area contributed by atoms with Gasteiger partial charge in [0.25, 0.3) is 0 Å². The summed E-state index contributed by atoms with van der Waals surface area (Å²) >= 11 is 3.24. The molecular formula is C8H10N2O2S2. The van der Waals surface area contributed by atoms with Crippen LogP contribution in [0.2, 0.25) is 0 Å². The Kier molecular flexibility index (Phi) is 2.76. The number of carbonyl (C=O) groups is 1. The lowest BCUT2D eigenvalue weighted by molar-refractivity contribution is -0.138. The van der Waals surface area contributed by atoms with Gasteiger partial charge >= 0.3 is 5.97 Å². The van der Waals surface area contributed by atoms with Crippen LogP contribution in [-0.4, -0.2) is 27.9 Å². The summed E-state index contributed by atoms with van der Waals surface area (Å²) in [7, 11) is 0. The minimum absolute atomic E-state index is 0.0994. The van der Waals surface area contributed by atoms with Crippen molar-refractivity contribution < 1.29 is 9.90 Å². The number of thiazole rings is 1. The van der Waals surface area contributed by atoms with Crippen LogP contribution in [-0.2, 0) is 4.79 Å². The Morgan fingerprint density at radius 3 is 3.07 bits per heavy atom. The highest BCUT2D eigenvalue weighted by molar-refractivity contribution is 7.99. The van der Waals surface area contributed by atoms with Crippen molar-refractivity contribution in [3.63, 3.8) is 0 Å². The molecule has 2 heterocycles. The lowest BCUT2D eigenvalue weighted by Gasteiger charge is -2.07. The monoisotopic (exact) mass is 230 g/mol. The van der Waals surface area contributed by atoms with Gasteiger partial charge in [-0.1, -0.05) is 0 Å². The maximum absolute atomic E-state index is 10.7. The molecule has 14 heavy (non-hydrogen) atoms. The standard InChI is InChI=1S/C8H10N2O2S2/c1-4-9-2-6(14-4)7-10-5(3-13-7)8(11)12/h2,5,7,10H,3H2,1H3,(H,11,12). The van der Waals surface area contributed by atoms with E-state index in [1.54, 1.807) is 23.1 Å². The fraction of sp³-hybridized carbons (Fsp3) is 0.500. The number of aliphatic carboxylic acids is 1. The van der Waals surface area contributed by atoms with E-state index in [1.807, 2.05) is 13.1 Å². The van der Waals surface area contributed by atoms with Gasteiger partial charge in [-0.3, -0.25) is 10.1 Å². The summed E-state index contributed by atoms with van der Waals surface area (Å²) in [6, 6.07) is -0.424. The van der Waals surface area contributed by atoms with Crippen molar-refractivity contribution in [2.24, 2.45) is 0 Å². The molecule has 0 spiro atoms. The van der Waals surface area contributed by atoms with E-state index in [0.29, 0.717) is 5.75 Å². The highest BCUT2D eigenvalue weighted by atomic mass is 32.2. The van der Waals surface area contributed by atoms with E-state index >= 15 is 0 Å². The SMILES string of the molecule is Cc1ncc(C2NC(C(=O)O)CS2)s1. The van der Waals surface area contributed by atoms with Gasteiger partial charge in [-0.2, -0.15) is 0 Å². The number of hydrogen-bond donors (Lipinski definition) is 2. The van der Waals surface area contributed by atoms with Crippen LogP contribution in [0.25, 0.3) is 0 Å². The molecule has 1 aliphatic heterocycles. The molecule has 0 aliphatic carbocycles. The van der Waals surface area contributed by atoms with Gasteiger partial charge in [-0.15, -0.1) is 23.1 Å². The minimum Gasteiger partial charge on any atom is -0.480 e. The van der Waals surface area contributed by atoms with Crippen LogP contribution < -0.4 is 5.32 Å². The average Bonchev–Trinajstić information content (AvgIpc) is 2.70.